The van der Waals surface area contributed by atoms with E-state index in [4.69, 9.17) is 0 Å². The Kier molecular flexibility index (Phi) is 5.20. The van der Waals surface area contributed by atoms with Crippen LogP contribution >= 0.6 is 0 Å². The fourth-order valence-corrected chi connectivity index (χ4v) is 2.61. The van der Waals surface area contributed by atoms with E-state index in [1.165, 1.54) is 28.4 Å². The van der Waals surface area contributed by atoms with Gasteiger partial charge in [0.25, 0.3) is 0 Å². The molecule has 0 heterocycles. The highest BCUT2D eigenvalue weighted by Crippen LogP contribution is 2.48. The molecule has 0 N–H and O–H groups in total. The summed E-state index contributed by atoms with van der Waals surface area (Å²) in [6.07, 6.45) is 0. The van der Waals surface area contributed by atoms with Gasteiger partial charge in [-0.3, -0.25) is 0 Å². The van der Waals surface area contributed by atoms with Crippen molar-refractivity contribution in [2.24, 2.45) is 0 Å². The van der Waals surface area contributed by atoms with Gasteiger partial charge in [0.15, 0.2) is 0 Å². The monoisotopic (exact) mass is 293 g/mol. The summed E-state index contributed by atoms with van der Waals surface area (Å²) in [5, 5.41) is 0. The maximum absolute atomic E-state index is 2.26. The zero-order valence-corrected chi connectivity index (χ0v) is 15.3. The van der Waals surface area contributed by atoms with Crippen LogP contribution in [-0.2, 0) is 0 Å². The normalized spacial score (nSPS) is 10.4. The van der Waals surface area contributed by atoms with Gasteiger partial charge >= 0.3 is 0 Å². The average Bonchev–Trinajstić information content (AvgIpc) is 2.34. The van der Waals surface area contributed by atoms with E-state index in [2.05, 4.69) is 101 Å². The molecule has 0 bridgehead atoms. The SMILES string of the molecule is CN(C)c1cc(N(C)C)c(N(C)C)c(N(C)C)c1N(C)C. The maximum Gasteiger partial charge on any atom is 0.0879 e. The molecular weight excluding hydrogens is 262 g/mol. The predicted octanol–water partition coefficient (Wildman–Crippen LogP) is 2.02. The van der Waals surface area contributed by atoms with Crippen molar-refractivity contribution in [3.8, 4) is 0 Å². The molecule has 1 rings (SSSR count). The lowest BCUT2D eigenvalue weighted by atomic mass is 10.1. The van der Waals surface area contributed by atoms with E-state index in [9.17, 15) is 0 Å². The van der Waals surface area contributed by atoms with Gasteiger partial charge in [-0.2, -0.15) is 0 Å². The lowest BCUT2D eigenvalue weighted by Crippen LogP contribution is -2.26. The Hall–Kier alpha value is -1.78. The molecule has 0 fully saturated rings. The summed E-state index contributed by atoms with van der Waals surface area (Å²) in [5.74, 6) is 0. The highest BCUT2D eigenvalue weighted by molar-refractivity contribution is 5.99. The lowest BCUT2D eigenvalue weighted by molar-refractivity contribution is 1.01. The van der Waals surface area contributed by atoms with Crippen LogP contribution in [0.25, 0.3) is 0 Å². The number of rotatable bonds is 5. The highest BCUT2D eigenvalue weighted by atomic mass is 15.2. The fraction of sp³-hybridized carbons (Fsp3) is 0.625. The largest absolute Gasteiger partial charge is 0.376 e. The molecule has 1 aromatic carbocycles. The summed E-state index contributed by atoms with van der Waals surface area (Å²) < 4.78 is 0. The van der Waals surface area contributed by atoms with Crippen LogP contribution < -0.4 is 24.5 Å². The smallest absolute Gasteiger partial charge is 0.0879 e. The Bertz CT molecular complexity index is 452. The molecule has 0 aliphatic rings. The predicted molar refractivity (Wildman–Crippen MR) is 98.1 cm³/mol. The van der Waals surface area contributed by atoms with Gasteiger partial charge in [-0.25, -0.2) is 0 Å². The quantitative estimate of drug-likeness (QED) is 0.823. The molecule has 0 spiro atoms. The molecule has 0 aliphatic carbocycles. The van der Waals surface area contributed by atoms with Crippen molar-refractivity contribution in [3.63, 3.8) is 0 Å². The first-order valence-electron chi connectivity index (χ1n) is 7.17. The standard InChI is InChI=1S/C16H31N5/c1-17(2)12-11-13(18(3)4)15(20(7)8)16(21(9)10)14(12)19(5)6/h11H,1-10H3. The zero-order chi connectivity index (χ0) is 16.5. The van der Waals surface area contributed by atoms with Gasteiger partial charge in [0.2, 0.25) is 0 Å². The minimum Gasteiger partial charge on any atom is -0.376 e. The molecular formula is C16H31N5. The van der Waals surface area contributed by atoms with Crippen molar-refractivity contribution in [1.82, 2.24) is 0 Å². The van der Waals surface area contributed by atoms with E-state index in [0.29, 0.717) is 0 Å². The van der Waals surface area contributed by atoms with Gasteiger partial charge in [0.05, 0.1) is 28.4 Å². The summed E-state index contributed by atoms with van der Waals surface area (Å²) in [6.45, 7) is 0. The Balaban J connectivity index is 3.89. The molecule has 0 saturated heterocycles. The Labute approximate surface area is 130 Å². The second kappa shape index (κ2) is 6.33. The second-order valence-corrected chi connectivity index (χ2v) is 6.43. The van der Waals surface area contributed by atoms with Crippen molar-refractivity contribution in [2.45, 2.75) is 0 Å². The number of hydrogen-bond donors (Lipinski definition) is 0. The van der Waals surface area contributed by atoms with Gasteiger partial charge in [-0.05, 0) is 6.07 Å². The van der Waals surface area contributed by atoms with Crippen LogP contribution in [0.4, 0.5) is 28.4 Å². The number of benzene rings is 1. The minimum absolute atomic E-state index is 1.22. The van der Waals surface area contributed by atoms with E-state index < -0.39 is 0 Å². The molecule has 0 atom stereocenters. The molecule has 120 valence electrons. The van der Waals surface area contributed by atoms with Crippen molar-refractivity contribution in [3.05, 3.63) is 6.07 Å². The number of anilines is 5. The molecule has 5 heteroatoms. The molecule has 0 radical (unpaired) electrons. The third-order valence-corrected chi connectivity index (χ3v) is 3.51. The Morgan fingerprint density at radius 3 is 0.905 bits per heavy atom. The van der Waals surface area contributed by atoms with Crippen LogP contribution in [-0.4, -0.2) is 70.5 Å². The summed E-state index contributed by atoms with van der Waals surface area (Å²) in [6, 6.07) is 2.26. The molecule has 0 aromatic heterocycles. The highest BCUT2D eigenvalue weighted by Gasteiger charge is 2.24. The van der Waals surface area contributed by atoms with Gasteiger partial charge in [0.1, 0.15) is 0 Å². The van der Waals surface area contributed by atoms with E-state index in [1.807, 2.05) is 0 Å². The summed E-state index contributed by atoms with van der Waals surface area (Å²) >= 11 is 0. The van der Waals surface area contributed by atoms with E-state index in [0.717, 1.165) is 0 Å². The van der Waals surface area contributed by atoms with Crippen LogP contribution in [0.15, 0.2) is 6.07 Å². The van der Waals surface area contributed by atoms with Gasteiger partial charge in [0, 0.05) is 70.5 Å². The summed E-state index contributed by atoms with van der Waals surface area (Å²) in [7, 11) is 21.0. The Morgan fingerprint density at radius 2 is 0.714 bits per heavy atom. The van der Waals surface area contributed by atoms with Crippen LogP contribution in [0.2, 0.25) is 0 Å². The van der Waals surface area contributed by atoms with Gasteiger partial charge < -0.3 is 24.5 Å². The molecule has 0 saturated carbocycles. The second-order valence-electron chi connectivity index (χ2n) is 6.43. The average molecular weight is 293 g/mol. The van der Waals surface area contributed by atoms with Crippen molar-refractivity contribution in [2.75, 3.05) is 95.0 Å². The van der Waals surface area contributed by atoms with Gasteiger partial charge in [-0.1, -0.05) is 0 Å². The first-order chi connectivity index (χ1) is 9.59. The van der Waals surface area contributed by atoms with Gasteiger partial charge in [-0.15, -0.1) is 0 Å². The van der Waals surface area contributed by atoms with E-state index in [-0.39, 0.29) is 0 Å². The number of hydrogen-bond acceptors (Lipinski definition) is 5. The van der Waals surface area contributed by atoms with Crippen molar-refractivity contribution >= 4 is 28.4 Å². The molecule has 0 amide bonds. The third-order valence-electron chi connectivity index (χ3n) is 3.51. The molecule has 1 aromatic rings. The lowest BCUT2D eigenvalue weighted by Gasteiger charge is -2.35. The first kappa shape index (κ1) is 17.3. The number of nitrogens with zero attached hydrogens (tertiary/aromatic N) is 5. The molecule has 5 nitrogen and oxygen atoms in total. The molecule has 21 heavy (non-hydrogen) atoms. The van der Waals surface area contributed by atoms with Crippen molar-refractivity contribution in [1.29, 1.82) is 0 Å². The van der Waals surface area contributed by atoms with Crippen LogP contribution in [0.3, 0.4) is 0 Å². The molecule has 0 unspecified atom stereocenters. The summed E-state index contributed by atoms with van der Waals surface area (Å²) in [5.41, 5.74) is 6.15. The fourth-order valence-electron chi connectivity index (χ4n) is 2.61. The summed E-state index contributed by atoms with van der Waals surface area (Å²) in [4.78, 5) is 10.9. The van der Waals surface area contributed by atoms with Crippen molar-refractivity contribution < 1.29 is 0 Å². The maximum atomic E-state index is 2.26. The topological polar surface area (TPSA) is 16.2 Å². The first-order valence-corrected chi connectivity index (χ1v) is 7.17. The minimum atomic E-state index is 1.22. The van der Waals surface area contributed by atoms with E-state index in [1.54, 1.807) is 0 Å². The molecule has 0 aliphatic heterocycles. The zero-order valence-electron chi connectivity index (χ0n) is 15.3. The van der Waals surface area contributed by atoms with Crippen LogP contribution in [0.5, 0.6) is 0 Å². The van der Waals surface area contributed by atoms with Crippen LogP contribution in [0.1, 0.15) is 0 Å². The van der Waals surface area contributed by atoms with E-state index >= 15 is 0 Å². The van der Waals surface area contributed by atoms with Crippen LogP contribution in [0, 0.1) is 0 Å². The Morgan fingerprint density at radius 1 is 0.429 bits per heavy atom. The third kappa shape index (κ3) is 3.28.